The number of benzene rings is 3. The van der Waals surface area contributed by atoms with Gasteiger partial charge in [0.05, 0.1) is 11.4 Å². The fourth-order valence-electron chi connectivity index (χ4n) is 5.67. The molecule has 0 fully saturated rings. The number of hydrogen-bond acceptors (Lipinski definition) is 5. The molecular formula is C34H36BFN4O3. The molecule has 0 bridgehead atoms. The Labute approximate surface area is 252 Å². The van der Waals surface area contributed by atoms with E-state index in [1.807, 2.05) is 32.0 Å². The second kappa shape index (κ2) is 12.0. The summed E-state index contributed by atoms with van der Waals surface area (Å²) in [4.78, 5) is 30.4. The van der Waals surface area contributed by atoms with E-state index >= 15 is 4.39 Å². The van der Waals surface area contributed by atoms with Crippen molar-refractivity contribution < 1.29 is 13.9 Å². The lowest BCUT2D eigenvalue weighted by Gasteiger charge is -2.32. The van der Waals surface area contributed by atoms with Crippen molar-refractivity contribution in [1.82, 2.24) is 14.9 Å². The molecular weight excluding hydrogens is 542 g/mol. The highest BCUT2D eigenvalue weighted by molar-refractivity contribution is 6.58. The number of nitrogens with zero attached hydrogens (tertiary/aromatic N) is 2. The zero-order valence-corrected chi connectivity index (χ0v) is 25.3. The minimum absolute atomic E-state index is 0.0551. The molecule has 0 atom stereocenters. The maximum Gasteiger partial charge on any atom is 0.261 e. The summed E-state index contributed by atoms with van der Waals surface area (Å²) in [6, 6.07) is 17.7. The molecule has 0 saturated heterocycles. The van der Waals surface area contributed by atoms with Crippen LogP contribution in [0.15, 0.2) is 65.5 Å². The number of rotatable bonds is 7. The molecule has 4 aromatic rings. The van der Waals surface area contributed by atoms with Gasteiger partial charge in [0.1, 0.15) is 28.8 Å². The van der Waals surface area contributed by atoms with E-state index in [2.05, 4.69) is 19.2 Å². The summed E-state index contributed by atoms with van der Waals surface area (Å²) in [7, 11) is 1.34. The lowest BCUT2D eigenvalue weighted by atomic mass is 9.94. The first-order valence-corrected chi connectivity index (χ1v) is 14.7. The average molecular weight is 578 g/mol. The third-order valence-electron chi connectivity index (χ3n) is 7.83. The van der Waals surface area contributed by atoms with Crippen LogP contribution in [0.5, 0.6) is 5.75 Å². The number of hydrogen-bond donors (Lipinski definition) is 2. The SMILES string of the molecule is BC(=O)NC(=N)c1ccccc1-c1ccc(Cc2c(CCC)nc(C)n(-c3ccc4c(c3)CCC(C)(C)O4)c2=O)c(F)c1. The van der Waals surface area contributed by atoms with Gasteiger partial charge < -0.3 is 10.1 Å². The number of halogens is 1. The molecule has 1 aliphatic rings. The van der Waals surface area contributed by atoms with Crippen LogP contribution in [0.1, 0.15) is 67.4 Å². The monoisotopic (exact) mass is 578 g/mol. The Balaban J connectivity index is 1.53. The van der Waals surface area contributed by atoms with Crippen molar-refractivity contribution in [2.24, 2.45) is 0 Å². The summed E-state index contributed by atoms with van der Waals surface area (Å²) in [6.07, 6.45) is 3.23. The average Bonchev–Trinajstić information content (AvgIpc) is 2.95. The van der Waals surface area contributed by atoms with E-state index in [1.54, 1.807) is 41.0 Å². The second-order valence-corrected chi connectivity index (χ2v) is 11.7. The Kier molecular flexibility index (Phi) is 8.35. The summed E-state index contributed by atoms with van der Waals surface area (Å²) in [6.45, 7) is 8.00. The van der Waals surface area contributed by atoms with Gasteiger partial charge in [-0.05, 0) is 86.6 Å². The highest BCUT2D eigenvalue weighted by Gasteiger charge is 2.27. The molecule has 2 N–H and O–H groups in total. The van der Waals surface area contributed by atoms with Crippen molar-refractivity contribution >= 4 is 19.5 Å². The third kappa shape index (κ3) is 6.31. The van der Waals surface area contributed by atoms with Gasteiger partial charge in [0, 0.05) is 17.5 Å². The van der Waals surface area contributed by atoms with Gasteiger partial charge in [0.15, 0.2) is 5.81 Å². The number of carbonyl (C=O) groups is 1. The number of ether oxygens (including phenoxy) is 1. The lowest BCUT2D eigenvalue weighted by Crippen LogP contribution is -2.33. The lowest BCUT2D eigenvalue weighted by molar-refractivity contribution is 0.0847. The number of carbonyl (C=O) groups excluding carboxylic acids is 1. The summed E-state index contributed by atoms with van der Waals surface area (Å²) in [5.74, 6) is 0.552. The normalized spacial score (nSPS) is 13.6. The van der Waals surface area contributed by atoms with Crippen LogP contribution in [-0.2, 0) is 19.3 Å². The minimum atomic E-state index is -0.458. The van der Waals surface area contributed by atoms with Gasteiger partial charge >= 0.3 is 0 Å². The van der Waals surface area contributed by atoms with E-state index in [0.717, 1.165) is 36.3 Å². The first-order valence-electron chi connectivity index (χ1n) is 14.7. The first-order chi connectivity index (χ1) is 20.5. The van der Waals surface area contributed by atoms with Crippen molar-refractivity contribution in [2.75, 3.05) is 0 Å². The van der Waals surface area contributed by atoms with Crippen LogP contribution in [0.2, 0.25) is 0 Å². The number of amides is 1. The molecule has 0 unspecified atom stereocenters. The molecule has 1 aliphatic heterocycles. The number of aromatic nitrogens is 2. The van der Waals surface area contributed by atoms with Crippen molar-refractivity contribution in [1.29, 1.82) is 5.41 Å². The molecule has 0 saturated carbocycles. The Morgan fingerprint density at radius 1 is 1.16 bits per heavy atom. The van der Waals surface area contributed by atoms with E-state index < -0.39 is 5.82 Å². The second-order valence-electron chi connectivity index (χ2n) is 11.7. The van der Waals surface area contributed by atoms with Crippen LogP contribution < -0.4 is 15.6 Å². The van der Waals surface area contributed by atoms with E-state index in [1.165, 1.54) is 13.9 Å². The number of aryl methyl sites for hydroxylation is 3. The van der Waals surface area contributed by atoms with Gasteiger partial charge in [0.2, 0.25) is 7.85 Å². The summed E-state index contributed by atoms with van der Waals surface area (Å²) in [5, 5.41) is 10.8. The summed E-state index contributed by atoms with van der Waals surface area (Å²) >= 11 is 0. The van der Waals surface area contributed by atoms with Crippen molar-refractivity contribution in [3.8, 4) is 22.6 Å². The summed E-state index contributed by atoms with van der Waals surface area (Å²) in [5.41, 5.74) is 4.55. The van der Waals surface area contributed by atoms with Crippen LogP contribution >= 0.6 is 0 Å². The molecule has 2 heterocycles. The van der Waals surface area contributed by atoms with E-state index in [4.69, 9.17) is 15.1 Å². The highest BCUT2D eigenvalue weighted by Crippen LogP contribution is 2.34. The van der Waals surface area contributed by atoms with Gasteiger partial charge in [-0.3, -0.25) is 19.6 Å². The molecule has 1 aromatic heterocycles. The van der Waals surface area contributed by atoms with Crippen molar-refractivity contribution in [3.63, 3.8) is 0 Å². The van der Waals surface area contributed by atoms with Crippen LogP contribution in [0, 0.1) is 18.2 Å². The topological polar surface area (TPSA) is 97.1 Å². The third-order valence-corrected chi connectivity index (χ3v) is 7.83. The Hall–Kier alpha value is -4.53. The zero-order chi connectivity index (χ0) is 30.9. The molecule has 220 valence electrons. The molecule has 9 heteroatoms. The predicted octanol–water partition coefficient (Wildman–Crippen LogP) is 5.66. The molecule has 1 amide bonds. The van der Waals surface area contributed by atoms with Gasteiger partial charge in [-0.1, -0.05) is 49.7 Å². The molecule has 0 spiro atoms. The minimum Gasteiger partial charge on any atom is -0.488 e. The van der Waals surface area contributed by atoms with Gasteiger partial charge in [-0.2, -0.15) is 0 Å². The Morgan fingerprint density at radius 2 is 1.93 bits per heavy atom. The van der Waals surface area contributed by atoms with E-state index in [0.29, 0.717) is 45.8 Å². The van der Waals surface area contributed by atoms with Crippen LogP contribution in [0.4, 0.5) is 9.18 Å². The van der Waals surface area contributed by atoms with Crippen LogP contribution in [-0.4, -0.2) is 34.6 Å². The molecule has 3 aromatic carbocycles. The van der Waals surface area contributed by atoms with Crippen molar-refractivity contribution in [2.45, 2.75) is 65.4 Å². The zero-order valence-electron chi connectivity index (χ0n) is 25.3. The quantitative estimate of drug-likeness (QED) is 0.168. The standard InChI is InChI=1S/C34H36BFN4O3/c1-5-8-29-27(32(41)40(20(2)38-29)24-13-14-30-23(17-24)15-16-34(3,4)43-30)18-22-12-11-21(19-28(22)36)25-9-6-7-10-26(25)31(37)39-33(35)42/h6-7,9-14,17,19H,5,8,15-16,18,35H2,1-4H3,(H2,37,39,42). The first kappa shape index (κ1) is 29.9. The maximum atomic E-state index is 15.7. The number of nitrogens with one attached hydrogen (secondary N) is 2. The van der Waals surface area contributed by atoms with E-state index in [9.17, 15) is 9.59 Å². The Morgan fingerprint density at radius 3 is 2.65 bits per heavy atom. The molecule has 43 heavy (non-hydrogen) atoms. The fraction of sp³-hybridized carbons (Fsp3) is 0.294. The smallest absolute Gasteiger partial charge is 0.261 e. The van der Waals surface area contributed by atoms with Crippen LogP contribution in [0.3, 0.4) is 0 Å². The maximum absolute atomic E-state index is 15.7. The molecule has 5 rings (SSSR count). The van der Waals surface area contributed by atoms with E-state index in [-0.39, 0.29) is 29.2 Å². The highest BCUT2D eigenvalue weighted by atomic mass is 19.1. The molecule has 0 aliphatic carbocycles. The molecule has 7 nitrogen and oxygen atoms in total. The predicted molar refractivity (Wildman–Crippen MR) is 170 cm³/mol. The van der Waals surface area contributed by atoms with Crippen LogP contribution in [0.25, 0.3) is 16.8 Å². The number of amidine groups is 1. The summed E-state index contributed by atoms with van der Waals surface area (Å²) < 4.78 is 23.5. The number of fused-ring (bicyclic) bond motifs is 1. The molecule has 0 radical (unpaired) electrons. The largest absolute Gasteiger partial charge is 0.488 e. The fourth-order valence-corrected chi connectivity index (χ4v) is 5.67. The van der Waals surface area contributed by atoms with Gasteiger partial charge in [-0.25, -0.2) is 9.37 Å². The Bertz CT molecular complexity index is 1800. The van der Waals surface area contributed by atoms with Gasteiger partial charge in [-0.15, -0.1) is 0 Å². The van der Waals surface area contributed by atoms with Crippen molar-refractivity contribution in [3.05, 3.63) is 111 Å². The van der Waals surface area contributed by atoms with Gasteiger partial charge in [0.25, 0.3) is 5.56 Å².